The average molecular weight is 263 g/mol. The summed E-state index contributed by atoms with van der Waals surface area (Å²) in [7, 11) is 1.75. The van der Waals surface area contributed by atoms with Crippen molar-refractivity contribution in [1.29, 1.82) is 0 Å². The molecule has 1 aliphatic rings. The fourth-order valence-corrected chi connectivity index (χ4v) is 2.65. The molecule has 104 valence electrons. The van der Waals surface area contributed by atoms with Crippen molar-refractivity contribution in [2.45, 2.75) is 44.4 Å². The molecule has 1 aliphatic carbocycles. The summed E-state index contributed by atoms with van der Waals surface area (Å²) in [5.41, 5.74) is 1.38. The molecule has 1 aromatic carbocycles. The van der Waals surface area contributed by atoms with Crippen molar-refractivity contribution in [3.8, 4) is 0 Å². The highest BCUT2D eigenvalue weighted by Gasteiger charge is 2.29. The SMILES string of the molecule is CN(C(=O)c1ccc(CO)cc1)C1CCCCC1O. The number of hydrogen-bond donors (Lipinski definition) is 2. The highest BCUT2D eigenvalue weighted by atomic mass is 16.3. The summed E-state index contributed by atoms with van der Waals surface area (Å²) in [5, 5.41) is 19.0. The van der Waals surface area contributed by atoms with Crippen LogP contribution in [0.2, 0.25) is 0 Å². The summed E-state index contributed by atoms with van der Waals surface area (Å²) in [4.78, 5) is 14.0. The van der Waals surface area contributed by atoms with E-state index in [0.717, 1.165) is 31.2 Å². The van der Waals surface area contributed by atoms with Gasteiger partial charge in [0.1, 0.15) is 0 Å². The van der Waals surface area contributed by atoms with E-state index in [2.05, 4.69) is 0 Å². The Morgan fingerprint density at radius 1 is 1.26 bits per heavy atom. The van der Waals surface area contributed by atoms with Gasteiger partial charge in [-0.2, -0.15) is 0 Å². The molecule has 1 fully saturated rings. The Balaban J connectivity index is 2.08. The third kappa shape index (κ3) is 3.14. The van der Waals surface area contributed by atoms with Crippen molar-refractivity contribution < 1.29 is 15.0 Å². The normalized spacial score (nSPS) is 23.1. The van der Waals surface area contributed by atoms with Gasteiger partial charge >= 0.3 is 0 Å². The fraction of sp³-hybridized carbons (Fsp3) is 0.533. The summed E-state index contributed by atoms with van der Waals surface area (Å²) in [6, 6.07) is 6.86. The molecule has 0 aliphatic heterocycles. The van der Waals surface area contributed by atoms with E-state index in [1.165, 1.54) is 0 Å². The van der Waals surface area contributed by atoms with Gasteiger partial charge in [-0.15, -0.1) is 0 Å². The van der Waals surface area contributed by atoms with Crippen LogP contribution in [0.15, 0.2) is 24.3 Å². The van der Waals surface area contributed by atoms with Crippen LogP contribution >= 0.6 is 0 Å². The Morgan fingerprint density at radius 2 is 1.89 bits per heavy atom. The molecule has 0 saturated heterocycles. The van der Waals surface area contributed by atoms with E-state index < -0.39 is 6.10 Å². The number of hydrogen-bond acceptors (Lipinski definition) is 3. The maximum atomic E-state index is 12.3. The molecule has 2 atom stereocenters. The minimum Gasteiger partial charge on any atom is -0.392 e. The minimum absolute atomic E-state index is 0.0222. The first-order valence-electron chi connectivity index (χ1n) is 6.78. The van der Waals surface area contributed by atoms with Gasteiger partial charge in [-0.05, 0) is 30.5 Å². The smallest absolute Gasteiger partial charge is 0.253 e. The molecule has 19 heavy (non-hydrogen) atoms. The molecule has 1 amide bonds. The van der Waals surface area contributed by atoms with Crippen LogP contribution in [0.3, 0.4) is 0 Å². The Morgan fingerprint density at radius 3 is 2.47 bits per heavy atom. The van der Waals surface area contributed by atoms with Crippen molar-refractivity contribution >= 4 is 5.91 Å². The van der Waals surface area contributed by atoms with E-state index in [4.69, 9.17) is 5.11 Å². The van der Waals surface area contributed by atoms with Crippen LogP contribution in [-0.4, -0.2) is 40.2 Å². The first kappa shape index (κ1) is 14.0. The zero-order chi connectivity index (χ0) is 13.8. The van der Waals surface area contributed by atoms with Gasteiger partial charge in [0.25, 0.3) is 5.91 Å². The zero-order valence-corrected chi connectivity index (χ0v) is 11.2. The lowest BCUT2D eigenvalue weighted by Gasteiger charge is -2.35. The second-order valence-corrected chi connectivity index (χ2v) is 5.19. The first-order valence-corrected chi connectivity index (χ1v) is 6.78. The number of amides is 1. The Labute approximate surface area is 113 Å². The molecule has 2 unspecified atom stereocenters. The predicted octanol–water partition coefficient (Wildman–Crippen LogP) is 1.55. The predicted molar refractivity (Wildman–Crippen MR) is 72.7 cm³/mol. The number of rotatable bonds is 3. The number of carbonyl (C=O) groups excluding carboxylic acids is 1. The Bertz CT molecular complexity index is 430. The van der Waals surface area contributed by atoms with Crippen molar-refractivity contribution in [2.75, 3.05) is 7.05 Å². The topological polar surface area (TPSA) is 60.8 Å². The molecular formula is C15H21NO3. The van der Waals surface area contributed by atoms with Gasteiger partial charge in [-0.3, -0.25) is 4.79 Å². The highest BCUT2D eigenvalue weighted by molar-refractivity contribution is 5.94. The molecule has 1 saturated carbocycles. The van der Waals surface area contributed by atoms with Gasteiger partial charge in [0.15, 0.2) is 0 Å². The summed E-state index contributed by atoms with van der Waals surface area (Å²) in [5.74, 6) is -0.0737. The third-order valence-corrected chi connectivity index (χ3v) is 3.90. The molecular weight excluding hydrogens is 242 g/mol. The molecule has 0 bridgehead atoms. The van der Waals surface area contributed by atoms with Crippen molar-refractivity contribution in [3.63, 3.8) is 0 Å². The number of aliphatic hydroxyl groups is 2. The highest BCUT2D eigenvalue weighted by Crippen LogP contribution is 2.23. The molecule has 0 spiro atoms. The zero-order valence-electron chi connectivity index (χ0n) is 11.2. The monoisotopic (exact) mass is 263 g/mol. The third-order valence-electron chi connectivity index (χ3n) is 3.90. The van der Waals surface area contributed by atoms with Crippen LogP contribution in [0.25, 0.3) is 0 Å². The van der Waals surface area contributed by atoms with E-state index in [9.17, 15) is 9.90 Å². The molecule has 4 heteroatoms. The fourth-order valence-electron chi connectivity index (χ4n) is 2.65. The van der Waals surface area contributed by atoms with E-state index in [1.54, 1.807) is 36.2 Å². The number of carbonyl (C=O) groups is 1. The summed E-state index contributed by atoms with van der Waals surface area (Å²) >= 11 is 0. The van der Waals surface area contributed by atoms with E-state index in [0.29, 0.717) is 5.56 Å². The lowest BCUT2D eigenvalue weighted by atomic mass is 9.91. The van der Waals surface area contributed by atoms with Crippen molar-refractivity contribution in [2.24, 2.45) is 0 Å². The van der Waals surface area contributed by atoms with Crippen molar-refractivity contribution in [1.82, 2.24) is 4.90 Å². The summed E-state index contributed by atoms with van der Waals surface area (Å²) in [6.07, 6.45) is 3.30. The van der Waals surface area contributed by atoms with Gasteiger partial charge in [-0.1, -0.05) is 25.0 Å². The number of likely N-dealkylation sites (N-methyl/N-ethyl adjacent to an activating group) is 1. The summed E-state index contributed by atoms with van der Waals surface area (Å²) in [6.45, 7) is -0.0222. The van der Waals surface area contributed by atoms with E-state index in [-0.39, 0.29) is 18.6 Å². The minimum atomic E-state index is -0.417. The Kier molecular flexibility index (Phi) is 4.56. The van der Waals surface area contributed by atoms with Crippen molar-refractivity contribution in [3.05, 3.63) is 35.4 Å². The second kappa shape index (κ2) is 6.17. The lowest BCUT2D eigenvalue weighted by Crippen LogP contribution is -2.46. The summed E-state index contributed by atoms with van der Waals surface area (Å²) < 4.78 is 0. The quantitative estimate of drug-likeness (QED) is 0.870. The van der Waals surface area contributed by atoms with E-state index in [1.807, 2.05) is 0 Å². The van der Waals surface area contributed by atoms with Gasteiger partial charge < -0.3 is 15.1 Å². The lowest BCUT2D eigenvalue weighted by molar-refractivity contribution is 0.0268. The maximum Gasteiger partial charge on any atom is 0.253 e. The number of nitrogens with zero attached hydrogens (tertiary/aromatic N) is 1. The molecule has 0 aromatic heterocycles. The second-order valence-electron chi connectivity index (χ2n) is 5.19. The molecule has 4 nitrogen and oxygen atoms in total. The van der Waals surface area contributed by atoms with Gasteiger partial charge in [0.2, 0.25) is 0 Å². The number of benzene rings is 1. The standard InChI is InChI=1S/C15H21NO3/c1-16(13-4-2-3-5-14(13)18)15(19)12-8-6-11(10-17)7-9-12/h6-9,13-14,17-18H,2-5,10H2,1H3. The van der Waals surface area contributed by atoms with Crippen LogP contribution in [-0.2, 0) is 6.61 Å². The van der Waals surface area contributed by atoms with Crippen LogP contribution in [0.1, 0.15) is 41.6 Å². The molecule has 2 rings (SSSR count). The molecule has 0 heterocycles. The van der Waals surface area contributed by atoms with Gasteiger partial charge in [0.05, 0.1) is 18.8 Å². The van der Waals surface area contributed by atoms with Crippen LogP contribution < -0.4 is 0 Å². The number of aliphatic hydroxyl groups excluding tert-OH is 2. The van der Waals surface area contributed by atoms with Gasteiger partial charge in [0, 0.05) is 12.6 Å². The van der Waals surface area contributed by atoms with Crippen LogP contribution in [0.5, 0.6) is 0 Å². The van der Waals surface area contributed by atoms with Crippen LogP contribution in [0, 0.1) is 0 Å². The average Bonchev–Trinajstić information content (AvgIpc) is 2.46. The largest absolute Gasteiger partial charge is 0.392 e. The maximum absolute atomic E-state index is 12.3. The molecule has 2 N–H and O–H groups in total. The van der Waals surface area contributed by atoms with Crippen LogP contribution in [0.4, 0.5) is 0 Å². The Hall–Kier alpha value is -1.39. The molecule has 1 aromatic rings. The van der Waals surface area contributed by atoms with E-state index >= 15 is 0 Å². The van der Waals surface area contributed by atoms with Gasteiger partial charge in [-0.25, -0.2) is 0 Å². The first-order chi connectivity index (χ1) is 9.13. The molecule has 0 radical (unpaired) electrons.